The van der Waals surface area contributed by atoms with Gasteiger partial charge in [0, 0.05) is 27.3 Å². The van der Waals surface area contributed by atoms with Gasteiger partial charge in [0.1, 0.15) is 23.2 Å². The molecule has 1 fully saturated rings. The largest absolute Gasteiger partial charge is 0.467 e. The van der Waals surface area contributed by atoms with Crippen molar-refractivity contribution in [1.29, 1.82) is 0 Å². The van der Waals surface area contributed by atoms with E-state index in [9.17, 15) is 14.7 Å². The van der Waals surface area contributed by atoms with Gasteiger partial charge in [-0.1, -0.05) is 64.7 Å². The van der Waals surface area contributed by atoms with Gasteiger partial charge in [0.05, 0.1) is 13.7 Å². The Morgan fingerprint density at radius 1 is 1.00 bits per heavy atom. The summed E-state index contributed by atoms with van der Waals surface area (Å²) in [5.41, 5.74) is 2.44. The zero-order valence-corrected chi connectivity index (χ0v) is 26.1. The fourth-order valence-electron chi connectivity index (χ4n) is 5.66. The number of pyridine rings is 1. The molecule has 0 aliphatic heterocycles. The van der Waals surface area contributed by atoms with Crippen molar-refractivity contribution in [2.24, 2.45) is 5.92 Å². The maximum Gasteiger partial charge on any atom is 0.328 e. The fraction of sp³-hybridized carbons (Fsp3) is 0.400. The molecule has 7 nitrogen and oxygen atoms in total. The van der Waals surface area contributed by atoms with E-state index in [-0.39, 0.29) is 24.1 Å². The number of hydrogen-bond donors (Lipinski definition) is 2. The van der Waals surface area contributed by atoms with Gasteiger partial charge in [-0.3, -0.25) is 4.79 Å². The van der Waals surface area contributed by atoms with Crippen LogP contribution in [0.2, 0.25) is 0 Å². The van der Waals surface area contributed by atoms with E-state index < -0.39 is 17.9 Å². The Morgan fingerprint density at radius 2 is 1.70 bits per heavy atom. The minimum atomic E-state index is -0.876. The molecule has 5 rings (SSSR count). The molecule has 1 saturated carbocycles. The van der Waals surface area contributed by atoms with Crippen LogP contribution in [0, 0.1) is 5.92 Å². The number of aliphatic hydroxyl groups is 1. The summed E-state index contributed by atoms with van der Waals surface area (Å²) in [6.07, 6.45) is 5.77. The summed E-state index contributed by atoms with van der Waals surface area (Å²) in [5.74, 6) is 1.04. The van der Waals surface area contributed by atoms with Crippen LogP contribution in [0.15, 0.2) is 60.7 Å². The number of hydrogen-bond acceptors (Lipinski definition) is 7. The number of methoxy groups -OCH3 is 1. The number of rotatable bonds is 10. The van der Waals surface area contributed by atoms with Crippen molar-refractivity contribution in [3.63, 3.8) is 0 Å². The average Bonchev–Trinajstić information content (AvgIpc) is 3.68. The van der Waals surface area contributed by atoms with Crippen LogP contribution in [-0.2, 0) is 34.4 Å². The molecule has 2 heterocycles. The van der Waals surface area contributed by atoms with E-state index in [0.717, 1.165) is 51.2 Å². The van der Waals surface area contributed by atoms with Crippen LogP contribution in [0.1, 0.15) is 78.0 Å². The van der Waals surface area contributed by atoms with E-state index >= 15 is 0 Å². The molecular formula is C35H40N2O5S. The molecule has 0 bridgehead atoms. The maximum atomic E-state index is 13.5. The molecule has 0 spiro atoms. The van der Waals surface area contributed by atoms with E-state index in [4.69, 9.17) is 14.5 Å². The number of thiophene rings is 1. The second-order valence-corrected chi connectivity index (χ2v) is 13.6. The van der Waals surface area contributed by atoms with Crippen molar-refractivity contribution in [1.82, 2.24) is 10.3 Å². The van der Waals surface area contributed by atoms with E-state index in [0.29, 0.717) is 11.7 Å². The van der Waals surface area contributed by atoms with Crippen LogP contribution in [0.3, 0.4) is 0 Å². The molecule has 1 aliphatic carbocycles. The molecule has 0 saturated heterocycles. The van der Waals surface area contributed by atoms with Gasteiger partial charge in [0.2, 0.25) is 0 Å². The lowest BCUT2D eigenvalue weighted by Gasteiger charge is -2.19. The number of esters is 1. The summed E-state index contributed by atoms with van der Waals surface area (Å²) >= 11 is 1.40. The summed E-state index contributed by atoms with van der Waals surface area (Å²) in [6, 6.07) is 18.6. The lowest BCUT2D eigenvalue weighted by molar-refractivity contribution is -0.142. The first kappa shape index (κ1) is 30.7. The molecule has 0 unspecified atom stereocenters. The van der Waals surface area contributed by atoms with Gasteiger partial charge in [0.25, 0.3) is 5.91 Å². The number of fused-ring (bicyclic) bond motifs is 1. The quantitative estimate of drug-likeness (QED) is 0.188. The topological polar surface area (TPSA) is 97.8 Å². The van der Waals surface area contributed by atoms with E-state index in [1.165, 1.54) is 36.9 Å². The van der Waals surface area contributed by atoms with Gasteiger partial charge >= 0.3 is 5.97 Å². The van der Waals surface area contributed by atoms with Crippen molar-refractivity contribution in [3.05, 3.63) is 87.4 Å². The molecule has 2 N–H and O–H groups in total. The Balaban J connectivity index is 1.42. The van der Waals surface area contributed by atoms with Crippen molar-refractivity contribution in [3.8, 4) is 11.5 Å². The third kappa shape index (κ3) is 7.61. The minimum absolute atomic E-state index is 0.0660. The monoisotopic (exact) mass is 600 g/mol. The Morgan fingerprint density at radius 3 is 2.35 bits per heavy atom. The van der Waals surface area contributed by atoms with E-state index in [2.05, 4.69) is 38.2 Å². The molecule has 1 atom stereocenters. The molecule has 4 aromatic rings. The number of nitrogens with one attached hydrogen (secondary N) is 1. The molecule has 2 aromatic carbocycles. The van der Waals surface area contributed by atoms with Crippen molar-refractivity contribution < 1.29 is 24.2 Å². The number of ether oxygens (including phenoxy) is 2. The van der Waals surface area contributed by atoms with Crippen molar-refractivity contribution >= 4 is 34.0 Å². The Labute approximate surface area is 257 Å². The molecule has 2 aromatic heterocycles. The highest BCUT2D eigenvalue weighted by molar-refractivity contribution is 7.11. The Hall–Kier alpha value is -3.75. The number of amides is 1. The molecule has 0 radical (unpaired) electrons. The molecule has 1 aliphatic rings. The number of benzene rings is 2. The predicted octanol–water partition coefficient (Wildman–Crippen LogP) is 7.13. The number of aliphatic hydroxyl groups excluding tert-OH is 1. The predicted molar refractivity (Wildman–Crippen MR) is 170 cm³/mol. The number of nitrogens with zero attached hydrogens (tertiary/aromatic N) is 1. The summed E-state index contributed by atoms with van der Waals surface area (Å²) in [7, 11) is 1.31. The summed E-state index contributed by atoms with van der Waals surface area (Å²) in [4.78, 5) is 32.7. The number of aromatic nitrogens is 1. The van der Waals surface area contributed by atoms with Crippen LogP contribution in [-0.4, -0.2) is 35.1 Å². The van der Waals surface area contributed by atoms with Gasteiger partial charge in [0.15, 0.2) is 0 Å². The summed E-state index contributed by atoms with van der Waals surface area (Å²) in [5, 5.41) is 14.1. The maximum absolute atomic E-state index is 13.5. The van der Waals surface area contributed by atoms with Gasteiger partial charge in [-0.2, -0.15) is 0 Å². The highest BCUT2D eigenvalue weighted by Gasteiger charge is 2.25. The lowest BCUT2D eigenvalue weighted by atomic mass is 9.87. The number of carbonyl (C=O) groups is 2. The molecular weight excluding hydrogens is 560 g/mol. The third-order valence-corrected chi connectivity index (χ3v) is 9.19. The minimum Gasteiger partial charge on any atom is -0.467 e. The average molecular weight is 601 g/mol. The second-order valence-electron chi connectivity index (χ2n) is 12.3. The molecule has 43 heavy (non-hydrogen) atoms. The Kier molecular flexibility index (Phi) is 9.47. The number of carbonyl (C=O) groups excluding carboxylic acids is 2. The van der Waals surface area contributed by atoms with Crippen LogP contribution >= 0.6 is 11.3 Å². The van der Waals surface area contributed by atoms with E-state index in [1.54, 1.807) is 6.07 Å². The van der Waals surface area contributed by atoms with Crippen molar-refractivity contribution in [2.45, 2.75) is 77.4 Å². The lowest BCUT2D eigenvalue weighted by Crippen LogP contribution is -2.43. The third-order valence-electron chi connectivity index (χ3n) is 8.10. The van der Waals surface area contributed by atoms with Gasteiger partial charge in [-0.25, -0.2) is 9.78 Å². The fourth-order valence-corrected chi connectivity index (χ4v) is 6.59. The van der Waals surface area contributed by atoms with Gasteiger partial charge in [-0.15, -0.1) is 11.3 Å². The normalized spacial score (nSPS) is 14.5. The molecule has 1 amide bonds. The highest BCUT2D eigenvalue weighted by atomic mass is 32.1. The zero-order valence-electron chi connectivity index (χ0n) is 25.3. The SMILES string of the molecule is COC(=O)[C@H](Cc1ccc(CO)s1)NC(=O)c1cc2ccc(Oc3ccc(C(C)(C)C)cc3)cc2c(CC2CCCC2)n1. The zero-order chi connectivity index (χ0) is 30.6. The standard InChI is InChI=1S/C35H40N2O5S/c1-35(2,3)24-10-13-25(14-11-24)42-26-12-9-23-18-31(36-30(29(23)19-26)17-22-7-5-6-8-22)33(39)37-32(34(40)41-4)20-27-15-16-28(21-38)43-27/h9-16,18-19,22,32,38H,5-8,17,20-21H2,1-4H3,(H,37,39)/t32-/m0/s1. The summed E-state index contributed by atoms with van der Waals surface area (Å²) in [6.45, 7) is 6.49. The van der Waals surface area contributed by atoms with Crippen LogP contribution in [0.25, 0.3) is 10.8 Å². The van der Waals surface area contributed by atoms with Gasteiger partial charge in [-0.05, 0) is 71.2 Å². The smallest absolute Gasteiger partial charge is 0.328 e. The first-order chi connectivity index (χ1) is 20.6. The van der Waals surface area contributed by atoms with Crippen LogP contribution in [0.4, 0.5) is 0 Å². The first-order valence-electron chi connectivity index (χ1n) is 14.9. The van der Waals surface area contributed by atoms with Crippen LogP contribution < -0.4 is 10.1 Å². The first-order valence-corrected chi connectivity index (χ1v) is 15.7. The van der Waals surface area contributed by atoms with Crippen LogP contribution in [0.5, 0.6) is 11.5 Å². The van der Waals surface area contributed by atoms with E-state index in [1.807, 2.05) is 42.5 Å². The highest BCUT2D eigenvalue weighted by Crippen LogP contribution is 2.33. The molecule has 8 heteroatoms. The van der Waals surface area contributed by atoms with Gasteiger partial charge < -0.3 is 19.9 Å². The Bertz CT molecular complexity index is 1580. The second kappa shape index (κ2) is 13.3. The van der Waals surface area contributed by atoms with Crippen molar-refractivity contribution in [2.75, 3.05) is 7.11 Å². The summed E-state index contributed by atoms with van der Waals surface area (Å²) < 4.78 is 11.2. The molecule has 226 valence electrons.